The van der Waals surface area contributed by atoms with Crippen molar-refractivity contribution in [2.75, 3.05) is 25.5 Å². The van der Waals surface area contributed by atoms with E-state index in [1.165, 1.54) is 41.0 Å². The zero-order valence-corrected chi connectivity index (χ0v) is 21.0. The van der Waals surface area contributed by atoms with Gasteiger partial charge in [-0.2, -0.15) is 4.31 Å². The van der Waals surface area contributed by atoms with E-state index in [-0.39, 0.29) is 15.5 Å². The predicted octanol–water partition coefficient (Wildman–Crippen LogP) is 4.74. The standard InChI is InChI=1S/C23H27ClN2O5S2/c1-14-9-11-26(12-10-14)33(29,30)15-7-8-18(24)17(13-15)21(27)25-22-20(23(28)31-2)16-5-3-4-6-19(16)32-22/h7-8,13-14H,3-6,9-12H2,1-2H3,(H,25,27). The van der Waals surface area contributed by atoms with Crippen LogP contribution in [0.5, 0.6) is 0 Å². The third-order valence-corrected chi connectivity index (χ3v) is 9.78. The molecule has 1 aromatic carbocycles. The van der Waals surface area contributed by atoms with Crippen LogP contribution >= 0.6 is 22.9 Å². The van der Waals surface area contributed by atoms with Gasteiger partial charge in [-0.25, -0.2) is 13.2 Å². The van der Waals surface area contributed by atoms with Gasteiger partial charge in [-0.1, -0.05) is 18.5 Å². The number of methoxy groups -OCH3 is 1. The molecule has 7 nitrogen and oxygen atoms in total. The molecule has 4 rings (SSSR count). The molecule has 1 aliphatic heterocycles. The number of carbonyl (C=O) groups excluding carboxylic acids is 2. The van der Waals surface area contributed by atoms with Crippen LogP contribution in [0.1, 0.15) is 63.8 Å². The van der Waals surface area contributed by atoms with Crippen molar-refractivity contribution >= 4 is 49.8 Å². The lowest BCUT2D eigenvalue weighted by Gasteiger charge is -2.29. The monoisotopic (exact) mass is 510 g/mol. The van der Waals surface area contributed by atoms with Crippen LogP contribution in [0.2, 0.25) is 5.02 Å². The van der Waals surface area contributed by atoms with Crippen molar-refractivity contribution in [1.82, 2.24) is 4.31 Å². The topological polar surface area (TPSA) is 92.8 Å². The number of piperidine rings is 1. The van der Waals surface area contributed by atoms with E-state index < -0.39 is 21.9 Å². The number of nitrogens with one attached hydrogen (secondary N) is 1. The summed E-state index contributed by atoms with van der Waals surface area (Å²) in [7, 11) is -2.42. The molecular weight excluding hydrogens is 484 g/mol. The van der Waals surface area contributed by atoms with E-state index in [1.807, 2.05) is 0 Å². The van der Waals surface area contributed by atoms with Gasteiger partial charge in [0.1, 0.15) is 5.00 Å². The number of amides is 1. The van der Waals surface area contributed by atoms with Crippen LogP contribution < -0.4 is 5.32 Å². The smallest absolute Gasteiger partial charge is 0.341 e. The number of carbonyl (C=O) groups is 2. The van der Waals surface area contributed by atoms with Gasteiger partial charge in [0.05, 0.1) is 28.2 Å². The number of aryl methyl sites for hydroxylation is 1. The average molecular weight is 511 g/mol. The molecular formula is C23H27ClN2O5S2. The lowest BCUT2D eigenvalue weighted by molar-refractivity contribution is 0.0601. The summed E-state index contributed by atoms with van der Waals surface area (Å²) in [5.41, 5.74) is 1.35. The molecule has 178 valence electrons. The first-order chi connectivity index (χ1) is 15.7. The quantitative estimate of drug-likeness (QED) is 0.586. The van der Waals surface area contributed by atoms with Gasteiger partial charge in [-0.05, 0) is 68.2 Å². The maximum atomic E-state index is 13.2. The third kappa shape index (κ3) is 4.82. The van der Waals surface area contributed by atoms with Crippen LogP contribution in [-0.4, -0.2) is 44.8 Å². The molecule has 1 aliphatic carbocycles. The maximum absolute atomic E-state index is 13.2. The number of sulfonamides is 1. The summed E-state index contributed by atoms with van der Waals surface area (Å²) in [6, 6.07) is 4.17. The molecule has 0 spiro atoms. The van der Waals surface area contributed by atoms with Gasteiger partial charge < -0.3 is 10.1 Å². The number of thiophene rings is 1. The normalized spacial score (nSPS) is 17.4. The van der Waals surface area contributed by atoms with Crippen molar-refractivity contribution in [3.63, 3.8) is 0 Å². The molecule has 1 aromatic heterocycles. The third-order valence-electron chi connectivity index (χ3n) is 6.35. The van der Waals surface area contributed by atoms with Crippen molar-refractivity contribution in [2.45, 2.75) is 50.3 Å². The van der Waals surface area contributed by atoms with Crippen molar-refractivity contribution < 1.29 is 22.7 Å². The number of halogens is 1. The van der Waals surface area contributed by atoms with Crippen LogP contribution in [-0.2, 0) is 27.6 Å². The molecule has 0 radical (unpaired) electrons. The SMILES string of the molecule is COC(=O)c1c(NC(=O)c2cc(S(=O)(=O)N3CCC(C)CC3)ccc2Cl)sc2c1CCCC2. The fraction of sp³-hybridized carbons (Fsp3) is 0.478. The van der Waals surface area contributed by atoms with Gasteiger partial charge >= 0.3 is 5.97 Å². The zero-order valence-electron chi connectivity index (χ0n) is 18.6. The number of ether oxygens (including phenoxy) is 1. The number of esters is 1. The second-order valence-electron chi connectivity index (χ2n) is 8.59. The first-order valence-corrected chi connectivity index (χ1v) is 13.7. The Morgan fingerprint density at radius 1 is 1.18 bits per heavy atom. The molecule has 2 aliphatic rings. The summed E-state index contributed by atoms with van der Waals surface area (Å²) >= 11 is 7.65. The molecule has 0 unspecified atom stereocenters. The number of fused-ring (bicyclic) bond motifs is 1. The van der Waals surface area contributed by atoms with Crippen LogP contribution in [0, 0.1) is 5.92 Å². The highest BCUT2D eigenvalue weighted by Gasteiger charge is 2.30. The van der Waals surface area contributed by atoms with Gasteiger partial charge in [0, 0.05) is 18.0 Å². The Balaban J connectivity index is 1.64. The Bertz CT molecular complexity index is 1180. The minimum atomic E-state index is -3.74. The fourth-order valence-corrected chi connectivity index (χ4v) is 7.33. The molecule has 2 aromatic rings. The number of hydrogen-bond acceptors (Lipinski definition) is 6. The summed E-state index contributed by atoms with van der Waals surface area (Å²) in [5, 5.41) is 3.34. The Kier molecular flexibility index (Phi) is 7.14. The molecule has 1 fully saturated rings. The molecule has 10 heteroatoms. The van der Waals surface area contributed by atoms with Crippen molar-refractivity contribution in [2.24, 2.45) is 5.92 Å². The first kappa shape index (κ1) is 24.2. The highest BCUT2D eigenvalue weighted by Crippen LogP contribution is 2.39. The van der Waals surface area contributed by atoms with E-state index in [0.29, 0.717) is 29.6 Å². The Hall–Kier alpha value is -1.94. The van der Waals surface area contributed by atoms with Crippen LogP contribution in [0.15, 0.2) is 23.1 Å². The second kappa shape index (κ2) is 9.74. The van der Waals surface area contributed by atoms with Gasteiger partial charge in [0.15, 0.2) is 0 Å². The summed E-state index contributed by atoms with van der Waals surface area (Å²) in [6.07, 6.45) is 5.22. The predicted molar refractivity (Wildman–Crippen MR) is 129 cm³/mol. The number of hydrogen-bond donors (Lipinski definition) is 1. The van der Waals surface area contributed by atoms with Crippen LogP contribution in [0.4, 0.5) is 5.00 Å². The fourth-order valence-electron chi connectivity index (χ4n) is 4.36. The number of nitrogens with zero attached hydrogens (tertiary/aromatic N) is 1. The molecule has 0 atom stereocenters. The van der Waals surface area contributed by atoms with Gasteiger partial charge in [-0.15, -0.1) is 11.3 Å². The number of rotatable bonds is 5. The van der Waals surface area contributed by atoms with E-state index in [2.05, 4.69) is 12.2 Å². The Labute approximate surface area is 203 Å². The largest absolute Gasteiger partial charge is 0.465 e. The summed E-state index contributed by atoms with van der Waals surface area (Å²) in [4.78, 5) is 26.7. The summed E-state index contributed by atoms with van der Waals surface area (Å²) < 4.78 is 32.7. The van der Waals surface area contributed by atoms with E-state index >= 15 is 0 Å². The van der Waals surface area contributed by atoms with E-state index in [0.717, 1.165) is 49.0 Å². The Morgan fingerprint density at radius 2 is 1.88 bits per heavy atom. The van der Waals surface area contributed by atoms with Crippen LogP contribution in [0.25, 0.3) is 0 Å². The minimum absolute atomic E-state index is 0.0327. The van der Waals surface area contributed by atoms with E-state index in [4.69, 9.17) is 16.3 Å². The van der Waals surface area contributed by atoms with Gasteiger partial charge in [0.25, 0.3) is 5.91 Å². The van der Waals surface area contributed by atoms with Gasteiger partial charge in [0.2, 0.25) is 10.0 Å². The lowest BCUT2D eigenvalue weighted by Crippen LogP contribution is -2.37. The number of benzene rings is 1. The van der Waals surface area contributed by atoms with Gasteiger partial charge in [-0.3, -0.25) is 4.79 Å². The molecule has 2 heterocycles. The molecule has 1 saturated heterocycles. The number of anilines is 1. The lowest BCUT2D eigenvalue weighted by atomic mass is 9.95. The first-order valence-electron chi connectivity index (χ1n) is 11.1. The minimum Gasteiger partial charge on any atom is -0.465 e. The van der Waals surface area contributed by atoms with Crippen molar-refractivity contribution in [3.05, 3.63) is 44.8 Å². The van der Waals surface area contributed by atoms with E-state index in [9.17, 15) is 18.0 Å². The zero-order chi connectivity index (χ0) is 23.8. The highest BCUT2D eigenvalue weighted by molar-refractivity contribution is 7.89. The van der Waals surface area contributed by atoms with Crippen LogP contribution in [0.3, 0.4) is 0 Å². The second-order valence-corrected chi connectivity index (χ2v) is 12.0. The molecule has 33 heavy (non-hydrogen) atoms. The van der Waals surface area contributed by atoms with E-state index in [1.54, 1.807) is 0 Å². The van der Waals surface area contributed by atoms with Crippen molar-refractivity contribution in [1.29, 1.82) is 0 Å². The molecule has 0 bridgehead atoms. The molecule has 1 amide bonds. The maximum Gasteiger partial charge on any atom is 0.341 e. The molecule has 1 N–H and O–H groups in total. The Morgan fingerprint density at radius 3 is 2.58 bits per heavy atom. The summed E-state index contributed by atoms with van der Waals surface area (Å²) in [5.74, 6) is -0.567. The molecule has 0 saturated carbocycles. The summed E-state index contributed by atoms with van der Waals surface area (Å²) in [6.45, 7) is 3.02. The highest BCUT2D eigenvalue weighted by atomic mass is 35.5. The average Bonchev–Trinajstić information content (AvgIpc) is 3.16. The van der Waals surface area contributed by atoms with Crippen molar-refractivity contribution in [3.8, 4) is 0 Å².